The Morgan fingerprint density at radius 3 is 2.95 bits per heavy atom. The number of hydrogen-bond donors (Lipinski definition) is 1. The van der Waals surface area contributed by atoms with Gasteiger partial charge in [0.1, 0.15) is 0 Å². The fraction of sp³-hybridized carbons (Fsp3) is 0.429. The molecule has 1 saturated heterocycles. The molecule has 0 aliphatic carbocycles. The summed E-state index contributed by atoms with van der Waals surface area (Å²) in [6, 6.07) is 5.13. The Labute approximate surface area is 132 Å². The van der Waals surface area contributed by atoms with E-state index in [0.717, 1.165) is 19.4 Å². The van der Waals surface area contributed by atoms with Crippen LogP contribution in [0.5, 0.6) is 0 Å². The lowest BCUT2D eigenvalue weighted by molar-refractivity contribution is 0.0625. The molecule has 1 aliphatic rings. The predicted molar refractivity (Wildman–Crippen MR) is 80.3 cm³/mol. The summed E-state index contributed by atoms with van der Waals surface area (Å²) in [6.45, 7) is 2.10. The van der Waals surface area contributed by atoms with Crippen molar-refractivity contribution in [2.24, 2.45) is 0 Å². The van der Waals surface area contributed by atoms with Gasteiger partial charge in [0.05, 0.1) is 23.2 Å². The Balaban J connectivity index is 1.74. The van der Waals surface area contributed by atoms with E-state index in [1.807, 2.05) is 0 Å². The average molecular weight is 328 g/mol. The first-order valence-corrected chi connectivity index (χ1v) is 7.55. The number of hydrogen-bond acceptors (Lipinski definition) is 5. The molecule has 0 saturated carbocycles. The van der Waals surface area contributed by atoms with Crippen molar-refractivity contribution in [3.63, 3.8) is 0 Å². The van der Waals surface area contributed by atoms with Gasteiger partial charge < -0.3 is 9.52 Å². The summed E-state index contributed by atoms with van der Waals surface area (Å²) in [5.41, 5.74) is 0.665. The van der Waals surface area contributed by atoms with Crippen LogP contribution in [0, 0.1) is 0 Å². The predicted octanol–water partition coefficient (Wildman–Crippen LogP) is 3.00. The Morgan fingerprint density at radius 2 is 2.19 bits per heavy atom. The number of β-amino-alcohol motifs (C(OH)–C–C–N with tert-alkyl or cyclic N) is 1. The molecule has 0 spiro atoms. The third-order valence-electron chi connectivity index (χ3n) is 3.47. The summed E-state index contributed by atoms with van der Waals surface area (Å²) in [4.78, 5) is 2.11. The second kappa shape index (κ2) is 6.32. The lowest BCUT2D eigenvalue weighted by atomic mass is 10.1. The topological polar surface area (TPSA) is 62.4 Å². The van der Waals surface area contributed by atoms with Crippen molar-refractivity contribution in [1.29, 1.82) is 0 Å². The molecule has 1 atom stereocenters. The van der Waals surface area contributed by atoms with Gasteiger partial charge in [0, 0.05) is 11.6 Å². The van der Waals surface area contributed by atoms with Gasteiger partial charge in [0.25, 0.3) is 0 Å². The Kier molecular flexibility index (Phi) is 4.45. The molecule has 0 unspecified atom stereocenters. The van der Waals surface area contributed by atoms with Gasteiger partial charge in [-0.2, -0.15) is 0 Å². The molecule has 1 fully saturated rings. The minimum absolute atomic E-state index is 0.271. The third kappa shape index (κ3) is 3.55. The second-order valence-electron chi connectivity index (χ2n) is 5.16. The maximum atomic E-state index is 9.66. The van der Waals surface area contributed by atoms with Crippen molar-refractivity contribution in [2.45, 2.75) is 25.5 Å². The fourth-order valence-electron chi connectivity index (χ4n) is 2.46. The highest BCUT2D eigenvalue weighted by atomic mass is 35.5. The molecule has 5 nitrogen and oxygen atoms in total. The van der Waals surface area contributed by atoms with Crippen LogP contribution in [0.25, 0.3) is 11.5 Å². The van der Waals surface area contributed by atoms with Crippen molar-refractivity contribution >= 4 is 23.2 Å². The number of benzene rings is 1. The van der Waals surface area contributed by atoms with E-state index >= 15 is 0 Å². The van der Waals surface area contributed by atoms with E-state index in [9.17, 15) is 5.11 Å². The van der Waals surface area contributed by atoms with Crippen LogP contribution in [0.15, 0.2) is 22.6 Å². The average Bonchev–Trinajstić information content (AvgIpc) is 2.87. The number of aliphatic hydroxyl groups is 1. The van der Waals surface area contributed by atoms with E-state index in [4.69, 9.17) is 27.6 Å². The molecule has 1 N–H and O–H groups in total. The first-order chi connectivity index (χ1) is 10.1. The van der Waals surface area contributed by atoms with E-state index < -0.39 is 0 Å². The quantitative estimate of drug-likeness (QED) is 0.938. The largest absolute Gasteiger partial charge is 0.419 e. The number of piperidine rings is 1. The van der Waals surface area contributed by atoms with Crippen LogP contribution in [0.2, 0.25) is 10.0 Å². The fourth-order valence-corrected chi connectivity index (χ4v) is 2.94. The zero-order valence-corrected chi connectivity index (χ0v) is 12.8. The molecular weight excluding hydrogens is 313 g/mol. The molecule has 0 radical (unpaired) electrons. The summed E-state index contributed by atoms with van der Waals surface area (Å²) in [5.74, 6) is 0.898. The molecular formula is C14H15Cl2N3O2. The molecule has 1 aliphatic heterocycles. The van der Waals surface area contributed by atoms with Crippen LogP contribution in [-0.4, -0.2) is 39.4 Å². The van der Waals surface area contributed by atoms with E-state index in [2.05, 4.69) is 15.1 Å². The maximum absolute atomic E-state index is 9.66. The molecule has 0 amide bonds. The summed E-state index contributed by atoms with van der Waals surface area (Å²) in [7, 11) is 0. The Hall–Kier alpha value is -1.14. The van der Waals surface area contributed by atoms with Gasteiger partial charge in [-0.15, -0.1) is 10.2 Å². The van der Waals surface area contributed by atoms with Crippen LogP contribution in [-0.2, 0) is 6.54 Å². The van der Waals surface area contributed by atoms with Gasteiger partial charge in [-0.05, 0) is 37.6 Å². The maximum Gasteiger partial charge on any atom is 0.249 e. The van der Waals surface area contributed by atoms with Crippen molar-refractivity contribution in [3.05, 3.63) is 34.1 Å². The number of rotatable bonds is 3. The monoisotopic (exact) mass is 327 g/mol. The van der Waals surface area contributed by atoms with Gasteiger partial charge in [-0.25, -0.2) is 0 Å². The van der Waals surface area contributed by atoms with Crippen LogP contribution in [0.1, 0.15) is 18.7 Å². The standard InChI is InChI=1S/C14H15Cl2N3O2/c15-9-3-4-11(12(16)6-9)14-18-17-13(21-14)8-19-5-1-2-10(20)7-19/h3-4,6,10,20H,1-2,5,7-8H2/t10-/m0/s1. The van der Waals surface area contributed by atoms with Gasteiger partial charge in [-0.3, -0.25) is 4.90 Å². The third-order valence-corrected chi connectivity index (χ3v) is 4.02. The Morgan fingerprint density at radius 1 is 1.33 bits per heavy atom. The van der Waals surface area contributed by atoms with E-state index in [1.165, 1.54) is 0 Å². The number of aromatic nitrogens is 2. The van der Waals surface area contributed by atoms with Crippen molar-refractivity contribution in [3.8, 4) is 11.5 Å². The number of aliphatic hydroxyl groups excluding tert-OH is 1. The molecule has 7 heteroatoms. The first kappa shape index (κ1) is 14.8. The zero-order valence-electron chi connectivity index (χ0n) is 11.3. The minimum atomic E-state index is -0.271. The summed E-state index contributed by atoms with van der Waals surface area (Å²) >= 11 is 12.0. The second-order valence-corrected chi connectivity index (χ2v) is 6.00. The number of nitrogens with zero attached hydrogens (tertiary/aromatic N) is 3. The molecule has 21 heavy (non-hydrogen) atoms. The zero-order chi connectivity index (χ0) is 14.8. The first-order valence-electron chi connectivity index (χ1n) is 6.80. The lowest BCUT2D eigenvalue weighted by Gasteiger charge is -2.28. The highest BCUT2D eigenvalue weighted by Crippen LogP contribution is 2.29. The lowest BCUT2D eigenvalue weighted by Crippen LogP contribution is -2.37. The van der Waals surface area contributed by atoms with Gasteiger partial charge in [0.2, 0.25) is 11.8 Å². The molecule has 1 aromatic carbocycles. The van der Waals surface area contributed by atoms with Gasteiger partial charge >= 0.3 is 0 Å². The van der Waals surface area contributed by atoms with Crippen LogP contribution in [0.3, 0.4) is 0 Å². The van der Waals surface area contributed by atoms with E-state index in [1.54, 1.807) is 18.2 Å². The molecule has 2 aromatic rings. The Bertz CT molecular complexity index is 632. The molecule has 3 rings (SSSR count). The van der Waals surface area contributed by atoms with E-state index in [0.29, 0.717) is 40.5 Å². The minimum Gasteiger partial charge on any atom is -0.419 e. The van der Waals surface area contributed by atoms with Crippen LogP contribution in [0.4, 0.5) is 0 Å². The smallest absolute Gasteiger partial charge is 0.249 e. The van der Waals surface area contributed by atoms with Crippen molar-refractivity contribution < 1.29 is 9.52 Å². The van der Waals surface area contributed by atoms with Crippen molar-refractivity contribution in [2.75, 3.05) is 13.1 Å². The summed E-state index contributed by atoms with van der Waals surface area (Å²) < 4.78 is 5.66. The normalized spacial score (nSPS) is 19.9. The SMILES string of the molecule is O[C@H]1CCCN(Cc2nnc(-c3ccc(Cl)cc3Cl)o2)C1. The van der Waals surface area contributed by atoms with E-state index in [-0.39, 0.29) is 6.10 Å². The number of halogens is 2. The molecule has 2 heterocycles. The van der Waals surface area contributed by atoms with Crippen LogP contribution >= 0.6 is 23.2 Å². The molecule has 0 bridgehead atoms. The molecule has 112 valence electrons. The highest BCUT2D eigenvalue weighted by molar-refractivity contribution is 6.36. The molecule has 1 aromatic heterocycles. The summed E-state index contributed by atoms with van der Waals surface area (Å²) in [6.07, 6.45) is 1.56. The van der Waals surface area contributed by atoms with Crippen molar-refractivity contribution in [1.82, 2.24) is 15.1 Å². The highest BCUT2D eigenvalue weighted by Gasteiger charge is 2.20. The van der Waals surface area contributed by atoms with Crippen LogP contribution < -0.4 is 0 Å². The van der Waals surface area contributed by atoms with Gasteiger partial charge in [-0.1, -0.05) is 23.2 Å². The van der Waals surface area contributed by atoms with Gasteiger partial charge in [0.15, 0.2) is 0 Å². The number of likely N-dealkylation sites (tertiary alicyclic amines) is 1. The summed E-state index contributed by atoms with van der Waals surface area (Å²) in [5, 5.41) is 18.8.